The summed E-state index contributed by atoms with van der Waals surface area (Å²) in [5, 5.41) is 1.10. The minimum atomic E-state index is 0.884. The predicted octanol–water partition coefficient (Wildman–Crippen LogP) is 4.56. The van der Waals surface area contributed by atoms with E-state index in [1.165, 1.54) is 5.69 Å². The zero-order chi connectivity index (χ0) is 15.8. The van der Waals surface area contributed by atoms with Gasteiger partial charge in [-0.1, -0.05) is 12.1 Å². The summed E-state index contributed by atoms with van der Waals surface area (Å²) >= 11 is 0. The molecule has 4 rings (SSSR count). The Morgan fingerprint density at radius 1 is 1.00 bits per heavy atom. The van der Waals surface area contributed by atoms with E-state index in [4.69, 9.17) is 4.42 Å². The first-order chi connectivity index (χ1) is 11.2. The molecule has 0 aliphatic heterocycles. The van der Waals surface area contributed by atoms with Crippen molar-refractivity contribution in [2.24, 2.45) is 0 Å². The third kappa shape index (κ3) is 2.38. The van der Waals surface area contributed by atoms with E-state index in [2.05, 4.69) is 45.2 Å². The van der Waals surface area contributed by atoms with Crippen LogP contribution in [0.15, 0.2) is 65.7 Å². The van der Waals surface area contributed by atoms with Crippen LogP contribution >= 0.6 is 0 Å². The molecule has 0 aliphatic rings. The molecule has 0 saturated heterocycles. The number of fused-ring (bicyclic) bond motifs is 1. The van der Waals surface area contributed by atoms with Crippen LogP contribution in [0.4, 0.5) is 5.69 Å². The maximum atomic E-state index is 5.20. The number of nitrogens with one attached hydrogen (secondary N) is 1. The molecule has 23 heavy (non-hydrogen) atoms. The molecule has 0 bridgehead atoms. The SMILES string of the molecule is CN(C)c1ccc(-c2cnc3[nH]cc(-c4ccoc4)c3c2)cc1. The fraction of sp³-hybridized carbons (Fsp3) is 0.105. The summed E-state index contributed by atoms with van der Waals surface area (Å²) < 4.78 is 5.20. The van der Waals surface area contributed by atoms with Crippen LogP contribution in [-0.4, -0.2) is 24.1 Å². The van der Waals surface area contributed by atoms with Crippen molar-refractivity contribution in [1.82, 2.24) is 9.97 Å². The van der Waals surface area contributed by atoms with Crippen LogP contribution in [0.2, 0.25) is 0 Å². The molecule has 3 aromatic heterocycles. The molecular weight excluding hydrogens is 286 g/mol. The molecule has 114 valence electrons. The average molecular weight is 303 g/mol. The first-order valence-corrected chi connectivity index (χ1v) is 7.50. The monoisotopic (exact) mass is 303 g/mol. The Labute approximate surface area is 134 Å². The molecule has 0 unspecified atom stereocenters. The van der Waals surface area contributed by atoms with Gasteiger partial charge in [0.05, 0.1) is 12.5 Å². The minimum absolute atomic E-state index is 0.884. The second kappa shape index (κ2) is 5.32. The summed E-state index contributed by atoms with van der Waals surface area (Å²) in [6.45, 7) is 0. The van der Waals surface area contributed by atoms with Gasteiger partial charge in [0.15, 0.2) is 0 Å². The van der Waals surface area contributed by atoms with E-state index in [0.29, 0.717) is 0 Å². The van der Waals surface area contributed by atoms with E-state index in [1.807, 2.05) is 32.6 Å². The fourth-order valence-corrected chi connectivity index (χ4v) is 2.77. The lowest BCUT2D eigenvalue weighted by Gasteiger charge is -2.12. The predicted molar refractivity (Wildman–Crippen MR) is 93.6 cm³/mol. The number of rotatable bonds is 3. The molecule has 4 heteroatoms. The van der Waals surface area contributed by atoms with Gasteiger partial charge in [-0.15, -0.1) is 0 Å². The number of furan rings is 1. The molecule has 3 heterocycles. The third-order valence-corrected chi connectivity index (χ3v) is 4.08. The topological polar surface area (TPSA) is 45.1 Å². The average Bonchev–Trinajstić information content (AvgIpc) is 3.23. The Bertz CT molecular complexity index is 935. The van der Waals surface area contributed by atoms with E-state index in [1.54, 1.807) is 12.5 Å². The maximum absolute atomic E-state index is 5.20. The quantitative estimate of drug-likeness (QED) is 0.603. The smallest absolute Gasteiger partial charge is 0.137 e. The van der Waals surface area contributed by atoms with E-state index in [0.717, 1.165) is 33.3 Å². The standard InChI is InChI=1S/C19H17N3O/c1-22(2)16-5-3-13(4-6-16)15-9-17-18(14-7-8-23-12-14)11-21-19(17)20-10-15/h3-12H,1-2H3,(H,20,21). The van der Waals surface area contributed by atoms with Gasteiger partial charge in [-0.2, -0.15) is 0 Å². The number of pyridine rings is 1. The number of hydrogen-bond donors (Lipinski definition) is 1. The van der Waals surface area contributed by atoms with Crippen LogP contribution in [-0.2, 0) is 0 Å². The zero-order valence-electron chi connectivity index (χ0n) is 13.1. The highest BCUT2D eigenvalue weighted by molar-refractivity contribution is 5.95. The van der Waals surface area contributed by atoms with Gasteiger partial charge in [0.2, 0.25) is 0 Å². The van der Waals surface area contributed by atoms with E-state index in [-0.39, 0.29) is 0 Å². The summed E-state index contributed by atoms with van der Waals surface area (Å²) in [5.74, 6) is 0. The van der Waals surface area contributed by atoms with Crippen LogP contribution in [0.3, 0.4) is 0 Å². The van der Waals surface area contributed by atoms with Crippen molar-refractivity contribution in [2.75, 3.05) is 19.0 Å². The molecule has 4 aromatic rings. The lowest BCUT2D eigenvalue weighted by molar-refractivity contribution is 0.568. The summed E-state index contributed by atoms with van der Waals surface area (Å²) in [6.07, 6.45) is 7.32. The van der Waals surface area contributed by atoms with Gasteiger partial charge in [-0.05, 0) is 29.8 Å². The molecular formula is C19H17N3O. The number of nitrogens with zero attached hydrogens (tertiary/aromatic N) is 2. The highest BCUT2D eigenvalue weighted by Gasteiger charge is 2.10. The molecule has 0 amide bonds. The van der Waals surface area contributed by atoms with Crippen molar-refractivity contribution < 1.29 is 4.42 Å². The molecule has 0 spiro atoms. The molecule has 0 atom stereocenters. The third-order valence-electron chi connectivity index (χ3n) is 4.08. The molecule has 0 saturated carbocycles. The number of anilines is 1. The van der Waals surface area contributed by atoms with Crippen molar-refractivity contribution in [2.45, 2.75) is 0 Å². The molecule has 1 aromatic carbocycles. The van der Waals surface area contributed by atoms with Gasteiger partial charge >= 0.3 is 0 Å². The Balaban J connectivity index is 1.80. The van der Waals surface area contributed by atoms with Gasteiger partial charge in [-0.25, -0.2) is 4.98 Å². The second-order valence-electron chi connectivity index (χ2n) is 5.78. The van der Waals surface area contributed by atoms with Gasteiger partial charge in [0, 0.05) is 54.3 Å². The van der Waals surface area contributed by atoms with Gasteiger partial charge in [0.25, 0.3) is 0 Å². The minimum Gasteiger partial charge on any atom is -0.472 e. The van der Waals surface area contributed by atoms with E-state index in [9.17, 15) is 0 Å². The Morgan fingerprint density at radius 3 is 2.52 bits per heavy atom. The Kier molecular flexibility index (Phi) is 3.15. The van der Waals surface area contributed by atoms with Crippen molar-refractivity contribution >= 4 is 16.7 Å². The van der Waals surface area contributed by atoms with Crippen LogP contribution in [0.5, 0.6) is 0 Å². The zero-order valence-corrected chi connectivity index (χ0v) is 13.1. The van der Waals surface area contributed by atoms with E-state index >= 15 is 0 Å². The maximum Gasteiger partial charge on any atom is 0.137 e. The molecule has 0 radical (unpaired) electrons. The number of H-pyrrole nitrogens is 1. The largest absolute Gasteiger partial charge is 0.472 e. The van der Waals surface area contributed by atoms with Gasteiger partial charge < -0.3 is 14.3 Å². The summed E-state index contributed by atoms with van der Waals surface area (Å²) in [6, 6.07) is 12.6. The van der Waals surface area contributed by atoms with Crippen molar-refractivity contribution in [3.05, 3.63) is 61.3 Å². The first kappa shape index (κ1) is 13.6. The number of aromatic amines is 1. The first-order valence-electron chi connectivity index (χ1n) is 7.50. The van der Waals surface area contributed by atoms with Crippen molar-refractivity contribution in [1.29, 1.82) is 0 Å². The highest BCUT2D eigenvalue weighted by atomic mass is 16.3. The molecule has 4 nitrogen and oxygen atoms in total. The second-order valence-corrected chi connectivity index (χ2v) is 5.78. The fourth-order valence-electron chi connectivity index (χ4n) is 2.77. The Morgan fingerprint density at radius 2 is 1.83 bits per heavy atom. The Hall–Kier alpha value is -3.01. The molecule has 0 fully saturated rings. The van der Waals surface area contributed by atoms with Crippen molar-refractivity contribution in [3.63, 3.8) is 0 Å². The number of aromatic nitrogens is 2. The summed E-state index contributed by atoms with van der Waals surface area (Å²) in [4.78, 5) is 9.86. The highest BCUT2D eigenvalue weighted by Crippen LogP contribution is 2.31. The normalized spacial score (nSPS) is 11.0. The van der Waals surface area contributed by atoms with Crippen LogP contribution in [0.25, 0.3) is 33.3 Å². The molecule has 1 N–H and O–H groups in total. The van der Waals surface area contributed by atoms with E-state index < -0.39 is 0 Å². The van der Waals surface area contributed by atoms with Gasteiger partial charge in [-0.3, -0.25) is 0 Å². The van der Waals surface area contributed by atoms with Crippen LogP contribution in [0.1, 0.15) is 0 Å². The summed E-state index contributed by atoms with van der Waals surface area (Å²) in [5.41, 5.74) is 6.49. The summed E-state index contributed by atoms with van der Waals surface area (Å²) in [7, 11) is 4.08. The van der Waals surface area contributed by atoms with Crippen molar-refractivity contribution in [3.8, 4) is 22.3 Å². The molecule has 0 aliphatic carbocycles. The number of benzene rings is 1. The lowest BCUT2D eigenvalue weighted by Crippen LogP contribution is -2.07. The number of hydrogen-bond acceptors (Lipinski definition) is 3. The van der Waals surface area contributed by atoms with Crippen LogP contribution < -0.4 is 4.90 Å². The van der Waals surface area contributed by atoms with Gasteiger partial charge in [0.1, 0.15) is 5.65 Å². The van der Waals surface area contributed by atoms with Crippen LogP contribution in [0, 0.1) is 0 Å². The lowest BCUT2D eigenvalue weighted by atomic mass is 10.0.